The summed E-state index contributed by atoms with van der Waals surface area (Å²) in [5, 5.41) is 0. The number of methoxy groups -OCH3 is 2. The van der Waals surface area contributed by atoms with E-state index in [4.69, 9.17) is 9.47 Å². The fraction of sp³-hybridized carbons (Fsp3) is 0.417. The molecule has 3 heteroatoms. The Balaban J connectivity index is 2.55. The lowest BCUT2D eigenvalue weighted by Gasteiger charge is -2.16. The van der Waals surface area contributed by atoms with E-state index < -0.39 is 0 Å². The number of hydrogen-bond donors (Lipinski definition) is 0. The second kappa shape index (κ2) is 3.57. The number of carbonyl (C=O) groups is 1. The predicted octanol–water partition coefficient (Wildman–Crippen LogP) is 1.93. The van der Waals surface area contributed by atoms with Crippen molar-refractivity contribution in [2.45, 2.75) is 18.3 Å². The molecule has 0 N–H and O–H groups in total. The van der Waals surface area contributed by atoms with E-state index in [1.165, 1.54) is 0 Å². The third-order valence-corrected chi connectivity index (χ3v) is 2.94. The summed E-state index contributed by atoms with van der Waals surface area (Å²) in [5.74, 6) is 1.47. The van der Waals surface area contributed by atoms with Gasteiger partial charge in [0.2, 0.25) is 0 Å². The molecule has 1 fully saturated rings. The van der Waals surface area contributed by atoms with Crippen molar-refractivity contribution in [1.29, 1.82) is 0 Å². The topological polar surface area (TPSA) is 35.5 Å². The van der Waals surface area contributed by atoms with Crippen molar-refractivity contribution in [3.63, 3.8) is 0 Å². The highest BCUT2D eigenvalue weighted by atomic mass is 16.5. The maximum absolute atomic E-state index is 11.1. The minimum Gasteiger partial charge on any atom is -0.496 e. The Morgan fingerprint density at radius 1 is 1.20 bits per heavy atom. The van der Waals surface area contributed by atoms with Crippen LogP contribution in [-0.4, -0.2) is 20.5 Å². The molecular weight excluding hydrogens is 192 g/mol. The van der Waals surface area contributed by atoms with Crippen LogP contribution in [0, 0.1) is 0 Å². The van der Waals surface area contributed by atoms with Crippen molar-refractivity contribution >= 4 is 6.29 Å². The van der Waals surface area contributed by atoms with E-state index in [9.17, 15) is 4.79 Å². The smallest absolute Gasteiger partial charge is 0.130 e. The highest BCUT2D eigenvalue weighted by Crippen LogP contribution is 2.53. The second-order valence-corrected chi connectivity index (χ2v) is 3.81. The molecule has 0 heterocycles. The van der Waals surface area contributed by atoms with E-state index in [2.05, 4.69) is 0 Å². The van der Waals surface area contributed by atoms with Crippen LogP contribution >= 0.6 is 0 Å². The zero-order valence-electron chi connectivity index (χ0n) is 8.95. The van der Waals surface area contributed by atoms with Crippen molar-refractivity contribution in [3.05, 3.63) is 23.8 Å². The summed E-state index contributed by atoms with van der Waals surface area (Å²) >= 11 is 0. The first kappa shape index (κ1) is 10.0. The molecule has 1 aromatic carbocycles. The molecule has 2 rings (SSSR count). The molecule has 0 bridgehead atoms. The highest BCUT2D eigenvalue weighted by Gasteiger charge is 2.48. The summed E-state index contributed by atoms with van der Waals surface area (Å²) in [7, 11) is 3.22. The van der Waals surface area contributed by atoms with Crippen LogP contribution < -0.4 is 9.47 Å². The van der Waals surface area contributed by atoms with Gasteiger partial charge in [-0.1, -0.05) is 6.07 Å². The van der Waals surface area contributed by atoms with Gasteiger partial charge in [0.15, 0.2) is 0 Å². The van der Waals surface area contributed by atoms with E-state index in [1.54, 1.807) is 14.2 Å². The van der Waals surface area contributed by atoms with E-state index in [0.717, 1.165) is 36.2 Å². The van der Waals surface area contributed by atoms with Gasteiger partial charge in [0, 0.05) is 5.56 Å². The third kappa shape index (κ3) is 1.48. The van der Waals surface area contributed by atoms with E-state index >= 15 is 0 Å². The maximum atomic E-state index is 11.1. The van der Waals surface area contributed by atoms with Gasteiger partial charge in [-0.05, 0) is 25.0 Å². The standard InChI is InChI=1S/C12H14O3/c1-14-9-4-3-5-10(15-2)11(9)12(8-13)6-7-12/h3-5,8H,6-7H2,1-2H3. The molecule has 1 saturated carbocycles. The zero-order valence-corrected chi connectivity index (χ0v) is 8.95. The van der Waals surface area contributed by atoms with Crippen LogP contribution in [0.15, 0.2) is 18.2 Å². The van der Waals surface area contributed by atoms with Crippen molar-refractivity contribution < 1.29 is 14.3 Å². The van der Waals surface area contributed by atoms with Crippen molar-refractivity contribution in [1.82, 2.24) is 0 Å². The van der Waals surface area contributed by atoms with Gasteiger partial charge in [0.25, 0.3) is 0 Å². The Kier molecular flexibility index (Phi) is 2.39. The summed E-state index contributed by atoms with van der Waals surface area (Å²) in [6.07, 6.45) is 2.77. The summed E-state index contributed by atoms with van der Waals surface area (Å²) < 4.78 is 10.6. The fourth-order valence-corrected chi connectivity index (χ4v) is 1.90. The number of rotatable bonds is 4. The van der Waals surface area contributed by atoms with Crippen LogP contribution in [0.2, 0.25) is 0 Å². The van der Waals surface area contributed by atoms with Gasteiger partial charge in [-0.3, -0.25) is 0 Å². The molecule has 1 aromatic rings. The molecule has 0 aromatic heterocycles. The Hall–Kier alpha value is -1.51. The molecule has 0 unspecified atom stereocenters. The number of aldehydes is 1. The molecule has 0 saturated heterocycles. The molecule has 0 aliphatic heterocycles. The van der Waals surface area contributed by atoms with Gasteiger partial charge in [-0.15, -0.1) is 0 Å². The van der Waals surface area contributed by atoms with Gasteiger partial charge < -0.3 is 14.3 Å². The summed E-state index contributed by atoms with van der Waals surface area (Å²) in [6.45, 7) is 0. The maximum Gasteiger partial charge on any atom is 0.130 e. The summed E-state index contributed by atoms with van der Waals surface area (Å²) in [4.78, 5) is 11.1. The van der Waals surface area contributed by atoms with Crippen LogP contribution in [0.3, 0.4) is 0 Å². The molecule has 3 nitrogen and oxygen atoms in total. The van der Waals surface area contributed by atoms with Crippen molar-refractivity contribution in [2.24, 2.45) is 0 Å². The molecular formula is C12H14O3. The molecule has 0 spiro atoms. The zero-order chi connectivity index (χ0) is 10.9. The van der Waals surface area contributed by atoms with Gasteiger partial charge in [-0.25, -0.2) is 0 Å². The Bertz CT molecular complexity index is 358. The fourth-order valence-electron chi connectivity index (χ4n) is 1.90. The molecule has 1 aliphatic rings. The predicted molar refractivity (Wildman–Crippen MR) is 56.5 cm³/mol. The van der Waals surface area contributed by atoms with Gasteiger partial charge in [0.05, 0.1) is 19.6 Å². The van der Waals surface area contributed by atoms with Crippen LogP contribution in [0.1, 0.15) is 18.4 Å². The van der Waals surface area contributed by atoms with Gasteiger partial charge in [0.1, 0.15) is 17.8 Å². The van der Waals surface area contributed by atoms with Gasteiger partial charge in [-0.2, -0.15) is 0 Å². The second-order valence-electron chi connectivity index (χ2n) is 3.81. The van der Waals surface area contributed by atoms with Crippen molar-refractivity contribution in [3.8, 4) is 11.5 Å². The quantitative estimate of drug-likeness (QED) is 0.706. The first-order chi connectivity index (χ1) is 7.27. The van der Waals surface area contributed by atoms with Crippen LogP contribution in [0.25, 0.3) is 0 Å². The Morgan fingerprint density at radius 3 is 2.07 bits per heavy atom. The molecule has 1 aliphatic carbocycles. The van der Waals surface area contributed by atoms with Gasteiger partial charge >= 0.3 is 0 Å². The minimum atomic E-state index is -0.363. The first-order valence-corrected chi connectivity index (χ1v) is 4.95. The summed E-state index contributed by atoms with van der Waals surface area (Å²) in [6, 6.07) is 5.59. The highest BCUT2D eigenvalue weighted by molar-refractivity contribution is 5.77. The lowest BCUT2D eigenvalue weighted by Crippen LogP contribution is -2.11. The van der Waals surface area contributed by atoms with Crippen LogP contribution in [0.5, 0.6) is 11.5 Å². The number of benzene rings is 1. The average molecular weight is 206 g/mol. The largest absolute Gasteiger partial charge is 0.496 e. The Morgan fingerprint density at radius 2 is 1.73 bits per heavy atom. The third-order valence-electron chi connectivity index (χ3n) is 2.94. The molecule has 0 atom stereocenters. The number of ether oxygens (including phenoxy) is 2. The van der Waals surface area contributed by atoms with Crippen molar-refractivity contribution in [2.75, 3.05) is 14.2 Å². The Labute approximate surface area is 89.0 Å². The molecule has 80 valence electrons. The molecule has 15 heavy (non-hydrogen) atoms. The van der Waals surface area contributed by atoms with E-state index in [1.807, 2.05) is 18.2 Å². The van der Waals surface area contributed by atoms with Crippen LogP contribution in [0.4, 0.5) is 0 Å². The molecule has 0 amide bonds. The van der Waals surface area contributed by atoms with E-state index in [0.29, 0.717) is 0 Å². The lowest BCUT2D eigenvalue weighted by atomic mass is 9.95. The first-order valence-electron chi connectivity index (χ1n) is 4.95. The monoisotopic (exact) mass is 206 g/mol. The molecule has 0 radical (unpaired) electrons. The number of hydrogen-bond acceptors (Lipinski definition) is 3. The average Bonchev–Trinajstić information content (AvgIpc) is 3.08. The minimum absolute atomic E-state index is 0.363. The normalized spacial score (nSPS) is 16.9. The SMILES string of the molecule is COc1cccc(OC)c1C1(C=O)CC1. The number of carbonyl (C=O) groups excluding carboxylic acids is 1. The van der Waals surface area contributed by atoms with E-state index in [-0.39, 0.29) is 5.41 Å². The lowest BCUT2D eigenvalue weighted by molar-refractivity contribution is -0.109. The van der Waals surface area contributed by atoms with Crippen LogP contribution in [-0.2, 0) is 10.2 Å². The summed E-state index contributed by atoms with van der Waals surface area (Å²) in [5.41, 5.74) is 0.530.